The molecule has 1 aliphatic carbocycles. The van der Waals surface area contributed by atoms with Crippen LogP contribution in [0, 0.1) is 11.7 Å². The maximum atomic E-state index is 13.5. The van der Waals surface area contributed by atoms with Gasteiger partial charge in [-0.15, -0.1) is 0 Å². The lowest BCUT2D eigenvalue weighted by atomic mass is 9.71. The van der Waals surface area contributed by atoms with E-state index in [9.17, 15) is 4.39 Å². The van der Waals surface area contributed by atoms with Crippen molar-refractivity contribution in [3.8, 4) is 0 Å². The molecule has 0 saturated heterocycles. The van der Waals surface area contributed by atoms with E-state index in [1.165, 1.54) is 18.9 Å². The predicted molar refractivity (Wildman–Crippen MR) is 89.8 cm³/mol. The Kier molecular flexibility index (Phi) is 5.44. The molecule has 1 saturated carbocycles. The lowest BCUT2D eigenvalue weighted by Gasteiger charge is -2.48. The zero-order valence-corrected chi connectivity index (χ0v) is 14.8. The average molecular weight is 357 g/mol. The molecule has 0 heterocycles. The average Bonchev–Trinajstić information content (AvgIpc) is 2.38. The molecular weight excluding hydrogens is 331 g/mol. The van der Waals surface area contributed by atoms with Crippen molar-refractivity contribution in [1.29, 1.82) is 0 Å². The minimum absolute atomic E-state index is 0.0219. The Morgan fingerprint density at radius 3 is 2.48 bits per heavy atom. The fraction of sp³-hybridized carbons (Fsp3) is 0.647. The standard InChI is InChI=1S/C17H26BrFN2/c1-12-4-6-17(7-5-12,21(2)3)16(20)10-13-8-14(18)11-15(19)9-13/h8-9,11-12,16H,4-7,10,20H2,1-3H3. The number of halogens is 2. The van der Waals surface area contributed by atoms with Gasteiger partial charge < -0.3 is 10.6 Å². The normalized spacial score (nSPS) is 27.9. The monoisotopic (exact) mass is 356 g/mol. The molecule has 0 aromatic heterocycles. The summed E-state index contributed by atoms with van der Waals surface area (Å²) in [5, 5.41) is 0. The molecule has 118 valence electrons. The first kappa shape index (κ1) is 16.9. The smallest absolute Gasteiger partial charge is 0.124 e. The van der Waals surface area contributed by atoms with Gasteiger partial charge in [-0.05, 0) is 75.9 Å². The number of hydrogen-bond acceptors (Lipinski definition) is 2. The van der Waals surface area contributed by atoms with Gasteiger partial charge in [-0.25, -0.2) is 4.39 Å². The van der Waals surface area contributed by atoms with E-state index in [-0.39, 0.29) is 17.4 Å². The summed E-state index contributed by atoms with van der Waals surface area (Å²) in [4.78, 5) is 2.29. The molecule has 0 bridgehead atoms. The summed E-state index contributed by atoms with van der Waals surface area (Å²) in [6.45, 7) is 2.31. The molecule has 1 aromatic rings. The second kappa shape index (κ2) is 6.76. The Morgan fingerprint density at radius 1 is 1.33 bits per heavy atom. The van der Waals surface area contributed by atoms with Crippen molar-refractivity contribution in [2.75, 3.05) is 14.1 Å². The zero-order valence-electron chi connectivity index (χ0n) is 13.2. The van der Waals surface area contributed by atoms with Crippen LogP contribution in [-0.2, 0) is 6.42 Å². The molecule has 4 heteroatoms. The Labute approximate surface area is 136 Å². The summed E-state index contributed by atoms with van der Waals surface area (Å²) in [5.41, 5.74) is 7.58. The summed E-state index contributed by atoms with van der Waals surface area (Å²) in [7, 11) is 4.24. The van der Waals surface area contributed by atoms with E-state index in [2.05, 4.69) is 41.8 Å². The number of likely N-dealkylation sites (N-methyl/N-ethyl adjacent to an activating group) is 1. The number of nitrogens with zero attached hydrogens (tertiary/aromatic N) is 1. The summed E-state index contributed by atoms with van der Waals surface area (Å²) in [6.07, 6.45) is 5.40. The van der Waals surface area contributed by atoms with Crippen LogP contribution in [0.25, 0.3) is 0 Å². The summed E-state index contributed by atoms with van der Waals surface area (Å²) in [6, 6.07) is 5.07. The highest BCUT2D eigenvalue weighted by Crippen LogP contribution is 2.38. The lowest BCUT2D eigenvalue weighted by Crippen LogP contribution is -2.59. The van der Waals surface area contributed by atoms with Gasteiger partial charge in [0.1, 0.15) is 5.82 Å². The first-order valence-corrected chi connectivity index (χ1v) is 8.51. The van der Waals surface area contributed by atoms with Crippen molar-refractivity contribution in [3.63, 3.8) is 0 Å². The van der Waals surface area contributed by atoms with E-state index in [0.29, 0.717) is 6.42 Å². The van der Waals surface area contributed by atoms with Crippen LogP contribution in [0.4, 0.5) is 4.39 Å². The van der Waals surface area contributed by atoms with Crippen LogP contribution in [0.15, 0.2) is 22.7 Å². The first-order valence-electron chi connectivity index (χ1n) is 7.71. The van der Waals surface area contributed by atoms with Crippen LogP contribution in [0.3, 0.4) is 0 Å². The van der Waals surface area contributed by atoms with Gasteiger partial charge in [-0.3, -0.25) is 0 Å². The second-order valence-electron chi connectivity index (χ2n) is 6.77. The van der Waals surface area contributed by atoms with Crippen molar-refractivity contribution >= 4 is 15.9 Å². The van der Waals surface area contributed by atoms with Crippen LogP contribution in [0.5, 0.6) is 0 Å². The molecule has 2 nitrogen and oxygen atoms in total. The third kappa shape index (κ3) is 3.85. The van der Waals surface area contributed by atoms with Gasteiger partial charge in [0, 0.05) is 16.1 Å². The second-order valence-corrected chi connectivity index (χ2v) is 7.68. The van der Waals surface area contributed by atoms with Crippen LogP contribution >= 0.6 is 15.9 Å². The summed E-state index contributed by atoms with van der Waals surface area (Å²) < 4.78 is 14.3. The molecule has 1 fully saturated rings. The Balaban J connectivity index is 2.17. The third-order valence-electron chi connectivity index (χ3n) is 5.10. The highest BCUT2D eigenvalue weighted by atomic mass is 79.9. The van der Waals surface area contributed by atoms with Crippen molar-refractivity contribution in [2.45, 2.75) is 50.6 Å². The molecule has 0 radical (unpaired) electrons. The Hall–Kier alpha value is -0.450. The highest BCUT2D eigenvalue weighted by molar-refractivity contribution is 9.10. The third-order valence-corrected chi connectivity index (χ3v) is 5.56. The van der Waals surface area contributed by atoms with Gasteiger partial charge in [-0.2, -0.15) is 0 Å². The summed E-state index contributed by atoms with van der Waals surface area (Å²) >= 11 is 3.36. The summed E-state index contributed by atoms with van der Waals surface area (Å²) in [5.74, 6) is 0.580. The highest BCUT2D eigenvalue weighted by Gasteiger charge is 2.41. The number of hydrogen-bond donors (Lipinski definition) is 1. The predicted octanol–water partition coefficient (Wildman–Crippen LogP) is 3.97. The van der Waals surface area contributed by atoms with Crippen molar-refractivity contribution in [3.05, 3.63) is 34.1 Å². The van der Waals surface area contributed by atoms with Crippen molar-refractivity contribution < 1.29 is 4.39 Å². The van der Waals surface area contributed by atoms with Gasteiger partial charge in [0.2, 0.25) is 0 Å². The molecular formula is C17H26BrFN2. The van der Waals surface area contributed by atoms with E-state index in [1.54, 1.807) is 6.07 Å². The lowest BCUT2D eigenvalue weighted by molar-refractivity contribution is 0.0568. The maximum absolute atomic E-state index is 13.5. The molecule has 1 unspecified atom stereocenters. The van der Waals surface area contributed by atoms with E-state index in [4.69, 9.17) is 5.73 Å². The van der Waals surface area contributed by atoms with E-state index in [0.717, 1.165) is 28.8 Å². The molecule has 21 heavy (non-hydrogen) atoms. The van der Waals surface area contributed by atoms with Gasteiger partial charge in [0.05, 0.1) is 0 Å². The molecule has 0 spiro atoms. The van der Waals surface area contributed by atoms with Crippen molar-refractivity contribution in [2.24, 2.45) is 11.7 Å². The van der Waals surface area contributed by atoms with Crippen LogP contribution in [0.1, 0.15) is 38.2 Å². The van der Waals surface area contributed by atoms with Crippen molar-refractivity contribution in [1.82, 2.24) is 4.90 Å². The van der Waals surface area contributed by atoms with Gasteiger partial charge in [0.15, 0.2) is 0 Å². The molecule has 2 N–H and O–H groups in total. The minimum Gasteiger partial charge on any atom is -0.326 e. The quantitative estimate of drug-likeness (QED) is 0.884. The minimum atomic E-state index is -0.206. The fourth-order valence-corrected chi connectivity index (χ4v) is 4.10. The zero-order chi connectivity index (χ0) is 15.6. The first-order chi connectivity index (χ1) is 9.83. The molecule has 1 aliphatic rings. The van der Waals surface area contributed by atoms with Gasteiger partial charge in [-0.1, -0.05) is 22.9 Å². The molecule has 1 aromatic carbocycles. The maximum Gasteiger partial charge on any atom is 0.124 e. The van der Waals surface area contributed by atoms with E-state index >= 15 is 0 Å². The van der Waals surface area contributed by atoms with Crippen LogP contribution in [-0.4, -0.2) is 30.6 Å². The largest absolute Gasteiger partial charge is 0.326 e. The van der Waals surface area contributed by atoms with Crippen LogP contribution < -0.4 is 5.73 Å². The fourth-order valence-electron chi connectivity index (χ4n) is 3.58. The Bertz CT molecular complexity index is 461. The molecule has 0 amide bonds. The number of rotatable bonds is 4. The number of nitrogens with two attached hydrogens (primary N) is 1. The Morgan fingerprint density at radius 2 is 1.95 bits per heavy atom. The SMILES string of the molecule is CC1CCC(C(N)Cc2cc(F)cc(Br)c2)(N(C)C)CC1. The number of benzene rings is 1. The molecule has 0 aliphatic heterocycles. The van der Waals surface area contributed by atoms with Gasteiger partial charge >= 0.3 is 0 Å². The van der Waals surface area contributed by atoms with E-state index in [1.807, 2.05) is 6.07 Å². The van der Waals surface area contributed by atoms with Gasteiger partial charge in [0.25, 0.3) is 0 Å². The van der Waals surface area contributed by atoms with Crippen LogP contribution in [0.2, 0.25) is 0 Å². The topological polar surface area (TPSA) is 29.3 Å². The molecule has 2 rings (SSSR count). The molecule has 1 atom stereocenters. The van der Waals surface area contributed by atoms with E-state index < -0.39 is 0 Å².